The lowest BCUT2D eigenvalue weighted by molar-refractivity contribution is 0.560. The number of para-hydroxylation sites is 1. The summed E-state index contributed by atoms with van der Waals surface area (Å²) < 4.78 is 7.16. The SMILES string of the molecule is Cc1ccc(-n2c(SCc3cc(=O)oc4ccc5ccccc5c34)nc3ccccc3c2=O)cc1. The zero-order valence-corrected chi connectivity index (χ0v) is 19.7. The van der Waals surface area contributed by atoms with Crippen molar-refractivity contribution < 1.29 is 4.42 Å². The number of aryl methyl sites for hydroxylation is 1. The molecule has 0 unspecified atom stereocenters. The second-order valence-corrected chi connectivity index (χ2v) is 9.37. The number of hydrogen-bond acceptors (Lipinski definition) is 5. The highest BCUT2D eigenvalue weighted by Crippen LogP contribution is 2.32. The van der Waals surface area contributed by atoms with E-state index in [1.807, 2.05) is 85.8 Å². The number of hydrogen-bond donors (Lipinski definition) is 0. The Morgan fingerprint density at radius 2 is 1.60 bits per heavy atom. The van der Waals surface area contributed by atoms with Crippen LogP contribution in [0.15, 0.2) is 110 Å². The zero-order valence-electron chi connectivity index (χ0n) is 18.9. The molecule has 0 saturated heterocycles. The number of aromatic nitrogens is 2. The normalized spacial score (nSPS) is 11.5. The molecule has 2 heterocycles. The van der Waals surface area contributed by atoms with Crippen molar-refractivity contribution in [3.05, 3.63) is 123 Å². The minimum absolute atomic E-state index is 0.121. The maximum absolute atomic E-state index is 13.5. The van der Waals surface area contributed by atoms with Crippen LogP contribution in [0, 0.1) is 6.92 Å². The third kappa shape index (κ3) is 3.82. The molecule has 0 N–H and O–H groups in total. The minimum atomic E-state index is -0.397. The van der Waals surface area contributed by atoms with Crippen molar-refractivity contribution in [1.29, 1.82) is 0 Å². The lowest BCUT2D eigenvalue weighted by atomic mass is 10.0. The van der Waals surface area contributed by atoms with E-state index in [0.717, 1.165) is 33.0 Å². The van der Waals surface area contributed by atoms with Gasteiger partial charge in [-0.3, -0.25) is 9.36 Å². The Balaban J connectivity index is 1.52. The highest BCUT2D eigenvalue weighted by Gasteiger charge is 2.16. The molecule has 0 aliphatic carbocycles. The fraction of sp³-hybridized carbons (Fsp3) is 0.0690. The fourth-order valence-electron chi connectivity index (χ4n) is 4.41. The van der Waals surface area contributed by atoms with Gasteiger partial charge in [0.2, 0.25) is 0 Å². The summed E-state index contributed by atoms with van der Waals surface area (Å²) in [6.07, 6.45) is 0. The molecular formula is C29H20N2O3S. The van der Waals surface area contributed by atoms with Crippen LogP contribution < -0.4 is 11.2 Å². The van der Waals surface area contributed by atoms with Gasteiger partial charge in [0.05, 0.1) is 16.6 Å². The molecule has 2 aromatic heterocycles. The van der Waals surface area contributed by atoms with Crippen molar-refractivity contribution in [2.75, 3.05) is 0 Å². The van der Waals surface area contributed by atoms with E-state index in [0.29, 0.717) is 27.4 Å². The zero-order chi connectivity index (χ0) is 23.9. The van der Waals surface area contributed by atoms with Crippen molar-refractivity contribution in [1.82, 2.24) is 9.55 Å². The van der Waals surface area contributed by atoms with Gasteiger partial charge in [-0.2, -0.15) is 0 Å². The monoisotopic (exact) mass is 476 g/mol. The maximum atomic E-state index is 13.5. The smallest absolute Gasteiger partial charge is 0.336 e. The standard InChI is InChI=1S/C29H20N2O3S/c1-18-10-13-21(14-11-18)31-28(33)23-8-4-5-9-24(23)30-29(31)35-17-20-16-26(32)34-25-15-12-19-6-2-3-7-22(19)27(20)25/h2-16H,17H2,1H3. The highest BCUT2D eigenvalue weighted by molar-refractivity contribution is 7.98. The second-order valence-electron chi connectivity index (χ2n) is 8.43. The van der Waals surface area contributed by atoms with Crippen LogP contribution >= 0.6 is 11.8 Å². The predicted molar refractivity (Wildman–Crippen MR) is 142 cm³/mol. The minimum Gasteiger partial charge on any atom is -0.423 e. The molecule has 0 saturated carbocycles. The summed E-state index contributed by atoms with van der Waals surface area (Å²) in [6.45, 7) is 2.01. The summed E-state index contributed by atoms with van der Waals surface area (Å²) in [5.74, 6) is 0.451. The maximum Gasteiger partial charge on any atom is 0.336 e. The molecule has 0 spiro atoms. The van der Waals surface area contributed by atoms with Gasteiger partial charge in [0.25, 0.3) is 5.56 Å². The van der Waals surface area contributed by atoms with Gasteiger partial charge >= 0.3 is 5.63 Å². The molecular weight excluding hydrogens is 456 g/mol. The first-order valence-electron chi connectivity index (χ1n) is 11.2. The molecule has 0 fully saturated rings. The molecule has 5 nitrogen and oxygen atoms in total. The Labute approximate surface area is 204 Å². The topological polar surface area (TPSA) is 65.1 Å². The van der Waals surface area contributed by atoms with E-state index in [4.69, 9.17) is 9.40 Å². The van der Waals surface area contributed by atoms with Gasteiger partial charge in [-0.15, -0.1) is 0 Å². The van der Waals surface area contributed by atoms with E-state index in [1.54, 1.807) is 10.6 Å². The van der Waals surface area contributed by atoms with Crippen LogP contribution in [0.5, 0.6) is 0 Å². The summed E-state index contributed by atoms with van der Waals surface area (Å²) >= 11 is 1.43. The molecule has 0 aliphatic rings. The first-order valence-corrected chi connectivity index (χ1v) is 12.2. The largest absolute Gasteiger partial charge is 0.423 e. The van der Waals surface area contributed by atoms with Crippen LogP contribution in [0.3, 0.4) is 0 Å². The van der Waals surface area contributed by atoms with Gasteiger partial charge in [-0.05, 0) is 53.6 Å². The Bertz CT molecular complexity index is 1850. The van der Waals surface area contributed by atoms with E-state index in [-0.39, 0.29) is 5.56 Å². The summed E-state index contributed by atoms with van der Waals surface area (Å²) in [5, 5.41) is 4.13. The van der Waals surface area contributed by atoms with Gasteiger partial charge in [-0.25, -0.2) is 9.78 Å². The van der Waals surface area contributed by atoms with Gasteiger partial charge < -0.3 is 4.42 Å². The lowest BCUT2D eigenvalue weighted by Gasteiger charge is -2.14. The molecule has 6 aromatic rings. The average molecular weight is 477 g/mol. The van der Waals surface area contributed by atoms with E-state index >= 15 is 0 Å². The van der Waals surface area contributed by atoms with Gasteiger partial charge in [-0.1, -0.05) is 71.9 Å². The average Bonchev–Trinajstić information content (AvgIpc) is 2.88. The molecule has 6 heteroatoms. The molecule has 0 amide bonds. The number of thioether (sulfide) groups is 1. The molecule has 6 rings (SSSR count). The Hall–Kier alpha value is -4.16. The van der Waals surface area contributed by atoms with Gasteiger partial charge in [0, 0.05) is 17.2 Å². The van der Waals surface area contributed by atoms with Crippen molar-refractivity contribution in [2.45, 2.75) is 17.8 Å². The van der Waals surface area contributed by atoms with Crippen molar-refractivity contribution in [3.8, 4) is 5.69 Å². The molecule has 170 valence electrons. The van der Waals surface area contributed by atoms with E-state index in [2.05, 4.69) is 0 Å². The quantitative estimate of drug-likeness (QED) is 0.130. The number of nitrogens with zero attached hydrogens (tertiary/aromatic N) is 2. The van der Waals surface area contributed by atoms with Crippen LogP contribution in [-0.4, -0.2) is 9.55 Å². The van der Waals surface area contributed by atoms with Crippen LogP contribution in [0.4, 0.5) is 0 Å². The number of benzene rings is 4. The lowest BCUT2D eigenvalue weighted by Crippen LogP contribution is -2.21. The van der Waals surface area contributed by atoms with Crippen molar-refractivity contribution in [3.63, 3.8) is 0 Å². The van der Waals surface area contributed by atoms with Crippen LogP contribution in [0.25, 0.3) is 38.3 Å². The van der Waals surface area contributed by atoms with E-state index < -0.39 is 5.63 Å². The Morgan fingerprint density at radius 3 is 2.43 bits per heavy atom. The molecule has 0 bridgehead atoms. The van der Waals surface area contributed by atoms with Crippen LogP contribution in [0.1, 0.15) is 11.1 Å². The molecule has 4 aromatic carbocycles. The van der Waals surface area contributed by atoms with Crippen molar-refractivity contribution in [2.24, 2.45) is 0 Å². The Morgan fingerprint density at radius 1 is 0.857 bits per heavy atom. The van der Waals surface area contributed by atoms with Gasteiger partial charge in [0.15, 0.2) is 5.16 Å². The Kier molecular flexibility index (Phi) is 5.23. The summed E-state index contributed by atoms with van der Waals surface area (Å²) in [4.78, 5) is 30.7. The van der Waals surface area contributed by atoms with E-state index in [1.165, 1.54) is 17.8 Å². The molecule has 0 radical (unpaired) electrons. The van der Waals surface area contributed by atoms with E-state index in [9.17, 15) is 9.59 Å². The molecule has 35 heavy (non-hydrogen) atoms. The fourth-order valence-corrected chi connectivity index (χ4v) is 5.40. The molecule has 0 atom stereocenters. The van der Waals surface area contributed by atoms with Crippen molar-refractivity contribution >= 4 is 44.4 Å². The summed E-state index contributed by atoms with van der Waals surface area (Å²) in [7, 11) is 0. The first kappa shape index (κ1) is 21.4. The molecule has 0 aliphatic heterocycles. The van der Waals surface area contributed by atoms with Crippen LogP contribution in [0.2, 0.25) is 0 Å². The predicted octanol–water partition coefficient (Wildman–Crippen LogP) is 6.25. The summed E-state index contributed by atoms with van der Waals surface area (Å²) in [5.41, 5.74) is 3.38. The highest BCUT2D eigenvalue weighted by atomic mass is 32.2. The van der Waals surface area contributed by atoms with Crippen LogP contribution in [-0.2, 0) is 5.75 Å². The second kappa shape index (κ2) is 8.56. The third-order valence-corrected chi connectivity index (χ3v) is 7.10. The number of fused-ring (bicyclic) bond motifs is 4. The van der Waals surface area contributed by atoms with Gasteiger partial charge in [0.1, 0.15) is 5.58 Å². The third-order valence-electron chi connectivity index (χ3n) is 6.11. The summed E-state index contributed by atoms with van der Waals surface area (Å²) in [6, 6.07) is 28.5. The first-order chi connectivity index (χ1) is 17.1. The number of rotatable bonds is 4.